The first-order valence-corrected chi connectivity index (χ1v) is 4.22. The van der Waals surface area contributed by atoms with Crippen molar-refractivity contribution in [3.05, 3.63) is 23.9 Å². The summed E-state index contributed by atoms with van der Waals surface area (Å²) in [5.74, 6) is 0. The third-order valence-electron chi connectivity index (χ3n) is 1.82. The fourth-order valence-corrected chi connectivity index (χ4v) is 1.03. The number of allylic oxidation sites excluding steroid dienone is 3. The third kappa shape index (κ3) is 2.91. The van der Waals surface area contributed by atoms with Crippen LogP contribution in [0.5, 0.6) is 0 Å². The molecule has 0 atom stereocenters. The number of hydrogen-bond acceptors (Lipinski definition) is 2. The molecule has 0 amide bonds. The maximum absolute atomic E-state index is 5.83. The molecule has 0 aromatic carbocycles. The summed E-state index contributed by atoms with van der Waals surface area (Å²) in [5, 5.41) is 0. The van der Waals surface area contributed by atoms with Crippen LogP contribution in [0.1, 0.15) is 26.7 Å². The second-order valence-corrected chi connectivity index (χ2v) is 2.71. The van der Waals surface area contributed by atoms with Gasteiger partial charge in [-0.2, -0.15) is 0 Å². The molecule has 2 nitrogen and oxygen atoms in total. The minimum atomic E-state index is 0.890. The molecule has 0 fully saturated rings. The van der Waals surface area contributed by atoms with Crippen LogP contribution in [0.15, 0.2) is 28.9 Å². The van der Waals surface area contributed by atoms with Crippen LogP contribution in [-0.4, -0.2) is 12.8 Å². The molecule has 0 aromatic heterocycles. The highest BCUT2D eigenvalue weighted by Crippen LogP contribution is 2.07. The molecule has 0 aliphatic carbocycles. The monoisotopic (exact) mass is 166 g/mol. The number of aliphatic imine (C=N–C) groups is 1. The van der Waals surface area contributed by atoms with Gasteiger partial charge in [0.15, 0.2) is 0 Å². The zero-order valence-corrected chi connectivity index (χ0v) is 8.22. The van der Waals surface area contributed by atoms with Crippen molar-refractivity contribution in [1.29, 1.82) is 0 Å². The van der Waals surface area contributed by atoms with Gasteiger partial charge in [-0.25, -0.2) is 0 Å². The van der Waals surface area contributed by atoms with E-state index in [1.54, 1.807) is 13.1 Å². The van der Waals surface area contributed by atoms with Crippen molar-refractivity contribution in [3.63, 3.8) is 0 Å². The number of hydrogen-bond donors (Lipinski definition) is 1. The standard InChI is InChI=1S/C10H18N2/c1-5-7-9(11)8(3)10(6-2)12-4/h6H,2,5,7,11H2,1,3-4H3/b9-8-,12-10?. The Morgan fingerprint density at radius 1 is 1.58 bits per heavy atom. The molecule has 2 heteroatoms. The van der Waals surface area contributed by atoms with Crippen LogP contribution in [0.4, 0.5) is 0 Å². The Kier molecular flexibility index (Phi) is 5.09. The lowest BCUT2D eigenvalue weighted by atomic mass is 10.1. The Morgan fingerprint density at radius 3 is 2.50 bits per heavy atom. The highest BCUT2D eigenvalue weighted by molar-refractivity contribution is 6.07. The summed E-state index contributed by atoms with van der Waals surface area (Å²) in [7, 11) is 1.75. The number of rotatable bonds is 4. The summed E-state index contributed by atoms with van der Waals surface area (Å²) in [6.07, 6.45) is 3.73. The Morgan fingerprint density at radius 2 is 2.17 bits per heavy atom. The van der Waals surface area contributed by atoms with Gasteiger partial charge in [-0.3, -0.25) is 4.99 Å². The maximum atomic E-state index is 5.83. The molecular weight excluding hydrogens is 148 g/mol. The highest BCUT2D eigenvalue weighted by Gasteiger charge is 2.00. The van der Waals surface area contributed by atoms with E-state index in [2.05, 4.69) is 18.5 Å². The van der Waals surface area contributed by atoms with Crippen molar-refractivity contribution in [2.75, 3.05) is 7.05 Å². The van der Waals surface area contributed by atoms with Gasteiger partial charge in [0, 0.05) is 12.7 Å². The second-order valence-electron chi connectivity index (χ2n) is 2.71. The van der Waals surface area contributed by atoms with Crippen molar-refractivity contribution < 1.29 is 0 Å². The normalized spacial score (nSPS) is 14.1. The lowest BCUT2D eigenvalue weighted by Crippen LogP contribution is -2.06. The zero-order valence-electron chi connectivity index (χ0n) is 8.22. The van der Waals surface area contributed by atoms with Crippen molar-refractivity contribution in [2.24, 2.45) is 10.7 Å². The fourth-order valence-electron chi connectivity index (χ4n) is 1.03. The van der Waals surface area contributed by atoms with Gasteiger partial charge in [0.05, 0.1) is 5.71 Å². The van der Waals surface area contributed by atoms with E-state index in [0.29, 0.717) is 0 Å². The molecule has 0 aromatic rings. The molecule has 0 heterocycles. The molecule has 0 unspecified atom stereocenters. The van der Waals surface area contributed by atoms with E-state index in [9.17, 15) is 0 Å². The third-order valence-corrected chi connectivity index (χ3v) is 1.82. The van der Waals surface area contributed by atoms with Gasteiger partial charge in [0.25, 0.3) is 0 Å². The first kappa shape index (κ1) is 11.0. The van der Waals surface area contributed by atoms with Gasteiger partial charge < -0.3 is 5.73 Å². The predicted octanol–water partition coefficient (Wildman–Crippen LogP) is 2.28. The average molecular weight is 166 g/mol. The van der Waals surface area contributed by atoms with Crippen molar-refractivity contribution >= 4 is 5.71 Å². The molecule has 0 saturated heterocycles. The summed E-state index contributed by atoms with van der Waals surface area (Å²) in [4.78, 5) is 4.07. The highest BCUT2D eigenvalue weighted by atomic mass is 14.7. The molecule has 68 valence electrons. The minimum absolute atomic E-state index is 0.890. The Bertz CT molecular complexity index is 212. The van der Waals surface area contributed by atoms with Gasteiger partial charge in [0.2, 0.25) is 0 Å². The summed E-state index contributed by atoms with van der Waals surface area (Å²) >= 11 is 0. The van der Waals surface area contributed by atoms with Gasteiger partial charge in [-0.1, -0.05) is 19.9 Å². The molecule has 0 aliphatic heterocycles. The van der Waals surface area contributed by atoms with Crippen LogP contribution in [0.3, 0.4) is 0 Å². The van der Waals surface area contributed by atoms with E-state index in [-0.39, 0.29) is 0 Å². The quantitative estimate of drug-likeness (QED) is 0.639. The first-order valence-electron chi connectivity index (χ1n) is 4.22. The van der Waals surface area contributed by atoms with E-state index in [4.69, 9.17) is 5.73 Å². The molecule has 0 bridgehead atoms. The fraction of sp³-hybridized carbons (Fsp3) is 0.500. The molecule has 0 aliphatic rings. The summed E-state index contributed by atoms with van der Waals surface area (Å²) < 4.78 is 0. The topological polar surface area (TPSA) is 38.4 Å². The Balaban J connectivity index is 4.63. The minimum Gasteiger partial charge on any atom is -0.402 e. The Hall–Kier alpha value is -1.05. The van der Waals surface area contributed by atoms with E-state index in [1.165, 1.54) is 0 Å². The van der Waals surface area contributed by atoms with Crippen LogP contribution < -0.4 is 5.73 Å². The van der Waals surface area contributed by atoms with Crippen molar-refractivity contribution in [2.45, 2.75) is 26.7 Å². The van der Waals surface area contributed by atoms with E-state index >= 15 is 0 Å². The molecule has 12 heavy (non-hydrogen) atoms. The molecule has 2 N–H and O–H groups in total. The first-order chi connectivity index (χ1) is 5.67. The van der Waals surface area contributed by atoms with Gasteiger partial charge in [-0.05, 0) is 25.0 Å². The SMILES string of the molecule is C=CC(=NC)/C(C)=C(\N)CCC. The van der Waals surface area contributed by atoms with Crippen molar-refractivity contribution in [3.8, 4) is 0 Å². The van der Waals surface area contributed by atoms with Crippen LogP contribution in [0, 0.1) is 0 Å². The average Bonchev–Trinajstić information content (AvgIpc) is 2.07. The smallest absolute Gasteiger partial charge is 0.0611 e. The van der Waals surface area contributed by atoms with E-state index in [0.717, 1.165) is 29.8 Å². The maximum Gasteiger partial charge on any atom is 0.0611 e. The molecule has 0 spiro atoms. The van der Waals surface area contributed by atoms with Crippen LogP contribution >= 0.6 is 0 Å². The van der Waals surface area contributed by atoms with Crippen LogP contribution in [0.25, 0.3) is 0 Å². The summed E-state index contributed by atoms with van der Waals surface area (Å²) in [5.41, 5.74) is 8.69. The second kappa shape index (κ2) is 5.58. The Labute approximate surface area is 74.9 Å². The number of nitrogens with two attached hydrogens (primary N) is 1. The molecular formula is C10H18N2. The lowest BCUT2D eigenvalue weighted by molar-refractivity contribution is 0.885. The molecule has 0 rings (SSSR count). The lowest BCUT2D eigenvalue weighted by Gasteiger charge is -2.05. The van der Waals surface area contributed by atoms with Gasteiger partial charge >= 0.3 is 0 Å². The molecule has 0 saturated carbocycles. The molecule has 0 radical (unpaired) electrons. The van der Waals surface area contributed by atoms with E-state index < -0.39 is 0 Å². The summed E-state index contributed by atoms with van der Waals surface area (Å²) in [6.45, 7) is 7.76. The number of nitrogens with zero attached hydrogens (tertiary/aromatic N) is 1. The zero-order chi connectivity index (χ0) is 9.56. The summed E-state index contributed by atoms with van der Waals surface area (Å²) in [6, 6.07) is 0. The predicted molar refractivity (Wildman–Crippen MR) is 55.4 cm³/mol. The van der Waals surface area contributed by atoms with Crippen molar-refractivity contribution in [1.82, 2.24) is 0 Å². The van der Waals surface area contributed by atoms with Gasteiger partial charge in [-0.15, -0.1) is 0 Å². The van der Waals surface area contributed by atoms with Crippen LogP contribution in [0.2, 0.25) is 0 Å². The van der Waals surface area contributed by atoms with Crippen LogP contribution in [-0.2, 0) is 0 Å². The largest absolute Gasteiger partial charge is 0.402 e. The van der Waals surface area contributed by atoms with Gasteiger partial charge in [0.1, 0.15) is 0 Å². The van der Waals surface area contributed by atoms with E-state index in [1.807, 2.05) is 6.92 Å².